The first kappa shape index (κ1) is 17.8. The fourth-order valence-corrected chi connectivity index (χ4v) is 3.37. The van der Waals surface area contributed by atoms with Crippen molar-refractivity contribution in [3.63, 3.8) is 0 Å². The van der Waals surface area contributed by atoms with Gasteiger partial charge in [0.15, 0.2) is 0 Å². The molecule has 2 aromatic carbocycles. The van der Waals surface area contributed by atoms with Gasteiger partial charge < -0.3 is 19.5 Å². The number of aliphatic carboxylic acids is 1. The summed E-state index contributed by atoms with van der Waals surface area (Å²) in [6.07, 6.45) is 0. The Kier molecular flexibility index (Phi) is 5.11. The van der Waals surface area contributed by atoms with Gasteiger partial charge in [-0.15, -0.1) is 0 Å². The first-order valence-corrected chi connectivity index (χ1v) is 8.33. The summed E-state index contributed by atoms with van der Waals surface area (Å²) >= 11 is 0. The minimum Gasteiger partial charge on any atom is -0.497 e. The Morgan fingerprint density at radius 2 is 1.62 bits per heavy atom. The summed E-state index contributed by atoms with van der Waals surface area (Å²) in [5.41, 5.74) is 1.34. The lowest BCUT2D eigenvalue weighted by Gasteiger charge is -2.17. The minimum absolute atomic E-state index is 0.174. The van der Waals surface area contributed by atoms with Gasteiger partial charge in [0.25, 0.3) is 5.91 Å². The van der Waals surface area contributed by atoms with Gasteiger partial charge in [0.2, 0.25) is 0 Å². The molecule has 1 aliphatic heterocycles. The Balaban J connectivity index is 1.88. The highest BCUT2D eigenvalue weighted by Gasteiger charge is 2.40. The predicted octanol–water partition coefficient (Wildman–Crippen LogP) is 2.64. The monoisotopic (exact) mass is 355 g/mol. The lowest BCUT2D eigenvalue weighted by molar-refractivity contribution is -0.141. The van der Waals surface area contributed by atoms with E-state index in [-0.39, 0.29) is 18.4 Å². The third kappa shape index (κ3) is 3.49. The predicted molar refractivity (Wildman–Crippen MR) is 95.8 cm³/mol. The van der Waals surface area contributed by atoms with Crippen LogP contribution in [0.1, 0.15) is 21.8 Å². The summed E-state index contributed by atoms with van der Waals surface area (Å²) in [6.45, 7) is 0.534. The minimum atomic E-state index is -0.891. The number of ether oxygens (including phenoxy) is 2. The van der Waals surface area contributed by atoms with Crippen LogP contribution in [0.15, 0.2) is 48.5 Å². The third-order valence-corrected chi connectivity index (χ3v) is 4.75. The van der Waals surface area contributed by atoms with Gasteiger partial charge in [-0.2, -0.15) is 0 Å². The van der Waals surface area contributed by atoms with Crippen LogP contribution in [0.5, 0.6) is 11.5 Å². The van der Waals surface area contributed by atoms with E-state index in [0.717, 1.165) is 5.56 Å². The third-order valence-electron chi connectivity index (χ3n) is 4.75. The molecule has 1 saturated heterocycles. The summed E-state index contributed by atoms with van der Waals surface area (Å²) in [7, 11) is 3.04. The number of nitrogens with zero attached hydrogens (tertiary/aromatic N) is 1. The number of benzene rings is 2. The number of rotatable bonds is 5. The van der Waals surface area contributed by atoms with E-state index >= 15 is 0 Å². The van der Waals surface area contributed by atoms with Crippen LogP contribution < -0.4 is 9.47 Å². The Morgan fingerprint density at radius 3 is 2.15 bits per heavy atom. The molecule has 0 radical (unpaired) electrons. The van der Waals surface area contributed by atoms with Gasteiger partial charge in [-0.1, -0.05) is 30.3 Å². The maximum atomic E-state index is 13.0. The standard InChI is InChI=1S/C20H21NO5/c1-25-15-8-14(9-16(10-15)26-2)19(22)21-11-17(18(12-21)20(23)24)13-6-4-3-5-7-13/h3-10,17-18H,11-12H2,1-2H3,(H,23,24)/t17-,18-/m0/s1. The number of hydrogen-bond donors (Lipinski definition) is 1. The van der Waals surface area contributed by atoms with Crippen molar-refractivity contribution in [3.05, 3.63) is 59.7 Å². The number of carbonyl (C=O) groups is 2. The molecule has 2 aromatic rings. The Hall–Kier alpha value is -3.02. The number of methoxy groups -OCH3 is 2. The first-order chi connectivity index (χ1) is 12.5. The van der Waals surface area contributed by atoms with E-state index in [2.05, 4.69) is 0 Å². The smallest absolute Gasteiger partial charge is 0.308 e. The maximum Gasteiger partial charge on any atom is 0.308 e. The molecule has 26 heavy (non-hydrogen) atoms. The van der Waals surface area contributed by atoms with Crippen molar-refractivity contribution < 1.29 is 24.2 Å². The Labute approximate surface area is 152 Å². The fraction of sp³-hybridized carbons (Fsp3) is 0.300. The maximum absolute atomic E-state index is 13.0. The molecule has 0 unspecified atom stereocenters. The van der Waals surface area contributed by atoms with Crippen LogP contribution in [0.2, 0.25) is 0 Å². The molecule has 3 rings (SSSR count). The summed E-state index contributed by atoms with van der Waals surface area (Å²) in [5, 5.41) is 9.60. The van der Waals surface area contributed by atoms with Crippen LogP contribution in [0.4, 0.5) is 0 Å². The molecule has 1 heterocycles. The second-order valence-electron chi connectivity index (χ2n) is 6.27. The number of likely N-dealkylation sites (tertiary alicyclic amines) is 1. The van der Waals surface area contributed by atoms with Crippen LogP contribution in [0.3, 0.4) is 0 Å². The number of hydrogen-bond acceptors (Lipinski definition) is 4. The Morgan fingerprint density at radius 1 is 1.00 bits per heavy atom. The molecule has 0 bridgehead atoms. The molecule has 1 N–H and O–H groups in total. The average Bonchev–Trinajstić information content (AvgIpc) is 3.13. The van der Waals surface area contributed by atoms with E-state index in [1.165, 1.54) is 14.2 Å². The molecule has 0 aliphatic carbocycles. The molecule has 1 fully saturated rings. The second kappa shape index (κ2) is 7.47. The van der Waals surface area contributed by atoms with Gasteiger partial charge in [0.1, 0.15) is 11.5 Å². The fourth-order valence-electron chi connectivity index (χ4n) is 3.37. The summed E-state index contributed by atoms with van der Waals surface area (Å²) in [5.74, 6) is -0.953. The van der Waals surface area contributed by atoms with E-state index < -0.39 is 11.9 Å². The number of carbonyl (C=O) groups excluding carboxylic acids is 1. The molecular formula is C20H21NO5. The molecule has 2 atom stereocenters. The van der Waals surface area contributed by atoms with Crippen LogP contribution in [0.25, 0.3) is 0 Å². The SMILES string of the molecule is COc1cc(OC)cc(C(=O)N2C[C@H](C(=O)O)[C@H](c3ccccc3)C2)c1. The summed E-state index contributed by atoms with van der Waals surface area (Å²) in [4.78, 5) is 26.3. The topological polar surface area (TPSA) is 76.1 Å². The lowest BCUT2D eigenvalue weighted by atomic mass is 9.89. The van der Waals surface area contributed by atoms with Crippen molar-refractivity contribution in [2.75, 3.05) is 27.3 Å². The average molecular weight is 355 g/mol. The highest BCUT2D eigenvalue weighted by molar-refractivity contribution is 5.96. The quantitative estimate of drug-likeness (QED) is 0.892. The van der Waals surface area contributed by atoms with Crippen LogP contribution in [-0.4, -0.2) is 49.2 Å². The first-order valence-electron chi connectivity index (χ1n) is 8.33. The van der Waals surface area contributed by atoms with Gasteiger partial charge in [-0.25, -0.2) is 0 Å². The molecule has 0 spiro atoms. The highest BCUT2D eigenvalue weighted by atomic mass is 16.5. The number of carboxylic acid groups (broad SMARTS) is 1. The van der Waals surface area contributed by atoms with Crippen molar-refractivity contribution >= 4 is 11.9 Å². The molecule has 136 valence electrons. The molecule has 6 heteroatoms. The molecule has 1 aliphatic rings. The number of carboxylic acids is 1. The van der Waals surface area contributed by atoms with Crippen molar-refractivity contribution in [3.8, 4) is 11.5 Å². The number of amides is 1. The van der Waals surface area contributed by atoms with Crippen LogP contribution in [-0.2, 0) is 4.79 Å². The van der Waals surface area contributed by atoms with Gasteiger partial charge >= 0.3 is 5.97 Å². The Bertz CT molecular complexity index is 783. The van der Waals surface area contributed by atoms with E-state index in [9.17, 15) is 14.7 Å². The van der Waals surface area contributed by atoms with Crippen molar-refractivity contribution in [2.45, 2.75) is 5.92 Å². The molecule has 6 nitrogen and oxygen atoms in total. The zero-order valence-electron chi connectivity index (χ0n) is 14.7. The summed E-state index contributed by atoms with van der Waals surface area (Å²) in [6, 6.07) is 14.4. The van der Waals surface area contributed by atoms with Gasteiger partial charge in [0.05, 0.1) is 20.1 Å². The van der Waals surface area contributed by atoms with E-state index in [0.29, 0.717) is 23.6 Å². The van der Waals surface area contributed by atoms with Gasteiger partial charge in [-0.3, -0.25) is 9.59 Å². The van der Waals surface area contributed by atoms with Crippen molar-refractivity contribution in [1.82, 2.24) is 4.90 Å². The van der Waals surface area contributed by atoms with Crippen LogP contribution >= 0.6 is 0 Å². The normalized spacial score (nSPS) is 19.2. The zero-order chi connectivity index (χ0) is 18.7. The van der Waals surface area contributed by atoms with E-state index in [1.807, 2.05) is 30.3 Å². The molecular weight excluding hydrogens is 334 g/mol. The highest BCUT2D eigenvalue weighted by Crippen LogP contribution is 2.34. The zero-order valence-corrected chi connectivity index (χ0v) is 14.7. The second-order valence-corrected chi connectivity index (χ2v) is 6.27. The van der Waals surface area contributed by atoms with Crippen molar-refractivity contribution in [1.29, 1.82) is 0 Å². The molecule has 1 amide bonds. The van der Waals surface area contributed by atoms with Crippen LogP contribution in [0, 0.1) is 5.92 Å². The summed E-state index contributed by atoms with van der Waals surface area (Å²) < 4.78 is 10.4. The van der Waals surface area contributed by atoms with Crippen molar-refractivity contribution in [2.24, 2.45) is 5.92 Å². The molecule has 0 saturated carbocycles. The van der Waals surface area contributed by atoms with E-state index in [4.69, 9.17) is 9.47 Å². The lowest BCUT2D eigenvalue weighted by Crippen LogP contribution is -2.30. The largest absolute Gasteiger partial charge is 0.497 e. The van der Waals surface area contributed by atoms with E-state index in [1.54, 1.807) is 23.1 Å². The van der Waals surface area contributed by atoms with Gasteiger partial charge in [0, 0.05) is 30.6 Å². The van der Waals surface area contributed by atoms with Gasteiger partial charge in [-0.05, 0) is 17.7 Å². The molecule has 0 aromatic heterocycles.